The molecule has 2 rings (SSSR count). The molecular formula is C14H28N2O. The first-order valence-electron chi connectivity index (χ1n) is 7.27. The average Bonchev–Trinajstić information content (AvgIpc) is 2.54. The fourth-order valence-corrected chi connectivity index (χ4v) is 3.47. The average molecular weight is 240 g/mol. The van der Waals surface area contributed by atoms with Gasteiger partial charge >= 0.3 is 0 Å². The van der Waals surface area contributed by atoms with Gasteiger partial charge in [0.2, 0.25) is 0 Å². The van der Waals surface area contributed by atoms with Gasteiger partial charge < -0.3 is 15.7 Å². The summed E-state index contributed by atoms with van der Waals surface area (Å²) in [4.78, 5) is 2.64. The number of likely N-dealkylation sites (tertiary alicyclic amines) is 1. The molecule has 1 heterocycles. The van der Waals surface area contributed by atoms with Crippen molar-refractivity contribution in [1.29, 1.82) is 0 Å². The van der Waals surface area contributed by atoms with Crippen LogP contribution in [0.5, 0.6) is 0 Å². The van der Waals surface area contributed by atoms with Crippen LogP contribution >= 0.6 is 0 Å². The van der Waals surface area contributed by atoms with Crippen LogP contribution in [0, 0.1) is 5.92 Å². The van der Waals surface area contributed by atoms with Crippen LogP contribution in [0.3, 0.4) is 0 Å². The predicted octanol–water partition coefficient (Wildman–Crippen LogP) is 1.74. The molecule has 17 heavy (non-hydrogen) atoms. The maximum Gasteiger partial charge on any atom is 0.0611 e. The maximum absolute atomic E-state index is 9.42. The van der Waals surface area contributed by atoms with Crippen LogP contribution in [0.4, 0.5) is 0 Å². The number of hydrogen-bond donors (Lipinski definition) is 2. The number of aliphatic hydroxyl groups is 1. The standard InChI is InChI=1S/C14H28N2O/c1-12-4-3-8-16(9-6-12)13-5-2-7-14(15,10-13)11-17/h12-13,17H,2-11,15H2,1H3. The van der Waals surface area contributed by atoms with Gasteiger partial charge in [0.1, 0.15) is 0 Å². The Labute approximate surface area is 105 Å². The summed E-state index contributed by atoms with van der Waals surface area (Å²) in [5.41, 5.74) is 5.94. The number of nitrogens with zero attached hydrogens (tertiary/aromatic N) is 1. The lowest BCUT2D eigenvalue weighted by Gasteiger charge is -2.41. The molecule has 0 radical (unpaired) electrons. The van der Waals surface area contributed by atoms with Crippen LogP contribution in [-0.4, -0.2) is 41.3 Å². The molecule has 2 aliphatic rings. The molecule has 0 aromatic rings. The van der Waals surface area contributed by atoms with E-state index in [4.69, 9.17) is 5.73 Å². The number of nitrogens with two attached hydrogens (primary N) is 1. The van der Waals surface area contributed by atoms with Crippen LogP contribution in [0.2, 0.25) is 0 Å². The highest BCUT2D eigenvalue weighted by Gasteiger charge is 2.35. The van der Waals surface area contributed by atoms with Crippen molar-refractivity contribution in [3.63, 3.8) is 0 Å². The van der Waals surface area contributed by atoms with Crippen molar-refractivity contribution in [2.45, 2.75) is 63.5 Å². The molecule has 3 nitrogen and oxygen atoms in total. The lowest BCUT2D eigenvalue weighted by Crippen LogP contribution is -2.53. The van der Waals surface area contributed by atoms with Crippen molar-refractivity contribution in [3.05, 3.63) is 0 Å². The first kappa shape index (κ1) is 13.3. The first-order chi connectivity index (χ1) is 8.13. The molecule has 0 aromatic carbocycles. The maximum atomic E-state index is 9.42. The van der Waals surface area contributed by atoms with Gasteiger partial charge in [-0.25, -0.2) is 0 Å². The van der Waals surface area contributed by atoms with E-state index in [2.05, 4.69) is 11.8 Å². The fraction of sp³-hybridized carbons (Fsp3) is 1.00. The van der Waals surface area contributed by atoms with E-state index in [1.165, 1.54) is 45.2 Å². The van der Waals surface area contributed by atoms with E-state index in [1.807, 2.05) is 0 Å². The fourth-order valence-electron chi connectivity index (χ4n) is 3.47. The smallest absolute Gasteiger partial charge is 0.0611 e. The van der Waals surface area contributed by atoms with Gasteiger partial charge in [0.25, 0.3) is 0 Å². The van der Waals surface area contributed by atoms with Crippen LogP contribution in [0.15, 0.2) is 0 Å². The Morgan fingerprint density at radius 1 is 1.24 bits per heavy atom. The van der Waals surface area contributed by atoms with Crippen LogP contribution in [0.25, 0.3) is 0 Å². The minimum Gasteiger partial charge on any atom is -0.394 e. The molecule has 0 aromatic heterocycles. The summed E-state index contributed by atoms with van der Waals surface area (Å²) in [6, 6.07) is 0.617. The molecule has 1 saturated carbocycles. The Hall–Kier alpha value is -0.120. The van der Waals surface area contributed by atoms with Gasteiger partial charge in [-0.1, -0.05) is 6.92 Å². The lowest BCUT2D eigenvalue weighted by atomic mass is 9.79. The van der Waals surface area contributed by atoms with Gasteiger partial charge in [0.05, 0.1) is 6.61 Å². The lowest BCUT2D eigenvalue weighted by molar-refractivity contribution is 0.0824. The summed E-state index contributed by atoms with van der Waals surface area (Å²) in [5.74, 6) is 0.879. The summed E-state index contributed by atoms with van der Waals surface area (Å²) in [6.07, 6.45) is 8.45. The second kappa shape index (κ2) is 5.68. The minimum atomic E-state index is -0.305. The minimum absolute atomic E-state index is 0.147. The van der Waals surface area contributed by atoms with E-state index in [0.717, 1.165) is 18.8 Å². The molecule has 3 N–H and O–H groups in total. The van der Waals surface area contributed by atoms with Crippen LogP contribution in [-0.2, 0) is 0 Å². The molecule has 2 fully saturated rings. The van der Waals surface area contributed by atoms with E-state index in [9.17, 15) is 5.11 Å². The molecule has 1 saturated heterocycles. The monoisotopic (exact) mass is 240 g/mol. The first-order valence-corrected chi connectivity index (χ1v) is 7.27. The number of hydrogen-bond acceptors (Lipinski definition) is 3. The van der Waals surface area contributed by atoms with Gasteiger partial charge in [-0.15, -0.1) is 0 Å². The second-order valence-electron chi connectivity index (χ2n) is 6.34. The van der Waals surface area contributed by atoms with Gasteiger partial charge in [-0.2, -0.15) is 0 Å². The third-order valence-corrected chi connectivity index (χ3v) is 4.74. The highest BCUT2D eigenvalue weighted by molar-refractivity contribution is 4.94. The molecule has 3 heteroatoms. The SMILES string of the molecule is CC1CCCN(C2CCCC(N)(CO)C2)CC1. The van der Waals surface area contributed by atoms with E-state index < -0.39 is 0 Å². The Bertz CT molecular complexity index is 246. The third-order valence-electron chi connectivity index (χ3n) is 4.74. The molecule has 0 spiro atoms. The third kappa shape index (κ3) is 3.43. The number of rotatable bonds is 2. The topological polar surface area (TPSA) is 49.5 Å². The van der Waals surface area contributed by atoms with E-state index in [0.29, 0.717) is 6.04 Å². The summed E-state index contributed by atoms with van der Waals surface area (Å²) in [6.45, 7) is 4.98. The normalized spacial score (nSPS) is 41.1. The van der Waals surface area contributed by atoms with Crippen LogP contribution in [0.1, 0.15) is 51.9 Å². The van der Waals surface area contributed by atoms with Crippen molar-refractivity contribution >= 4 is 0 Å². The molecule has 0 amide bonds. The van der Waals surface area contributed by atoms with E-state index in [-0.39, 0.29) is 12.1 Å². The van der Waals surface area contributed by atoms with Gasteiger partial charge in [0, 0.05) is 11.6 Å². The second-order valence-corrected chi connectivity index (χ2v) is 6.34. The zero-order chi connectivity index (χ0) is 12.3. The molecule has 0 bridgehead atoms. The predicted molar refractivity (Wildman–Crippen MR) is 70.8 cm³/mol. The summed E-state index contributed by atoms with van der Waals surface area (Å²) < 4.78 is 0. The van der Waals surface area contributed by atoms with E-state index >= 15 is 0 Å². The van der Waals surface area contributed by atoms with Crippen LogP contribution < -0.4 is 5.73 Å². The number of aliphatic hydroxyl groups excluding tert-OH is 1. The molecule has 1 aliphatic carbocycles. The van der Waals surface area contributed by atoms with E-state index in [1.54, 1.807) is 0 Å². The van der Waals surface area contributed by atoms with Gasteiger partial charge in [-0.3, -0.25) is 0 Å². The Balaban J connectivity index is 1.92. The molecule has 3 atom stereocenters. The zero-order valence-corrected chi connectivity index (χ0v) is 11.2. The van der Waals surface area contributed by atoms with Gasteiger partial charge in [-0.05, 0) is 64.0 Å². The highest BCUT2D eigenvalue weighted by Crippen LogP contribution is 2.31. The Morgan fingerprint density at radius 2 is 2.06 bits per heavy atom. The van der Waals surface area contributed by atoms with Crippen molar-refractivity contribution in [2.75, 3.05) is 19.7 Å². The molecule has 1 aliphatic heterocycles. The van der Waals surface area contributed by atoms with Gasteiger partial charge in [0.15, 0.2) is 0 Å². The van der Waals surface area contributed by atoms with Crippen molar-refractivity contribution < 1.29 is 5.11 Å². The highest BCUT2D eigenvalue weighted by atomic mass is 16.3. The summed E-state index contributed by atoms with van der Waals surface area (Å²) >= 11 is 0. The molecule has 3 unspecified atom stereocenters. The van der Waals surface area contributed by atoms with Crippen molar-refractivity contribution in [3.8, 4) is 0 Å². The Morgan fingerprint density at radius 3 is 2.82 bits per heavy atom. The molecular weight excluding hydrogens is 212 g/mol. The summed E-state index contributed by atoms with van der Waals surface area (Å²) in [5, 5.41) is 9.42. The zero-order valence-electron chi connectivity index (χ0n) is 11.2. The van der Waals surface area contributed by atoms with Crippen molar-refractivity contribution in [1.82, 2.24) is 4.90 Å². The molecule has 100 valence electrons. The van der Waals surface area contributed by atoms with Crippen molar-refractivity contribution in [2.24, 2.45) is 11.7 Å². The Kier molecular flexibility index (Phi) is 4.45. The quantitative estimate of drug-likeness (QED) is 0.773. The largest absolute Gasteiger partial charge is 0.394 e. The summed E-state index contributed by atoms with van der Waals surface area (Å²) in [7, 11) is 0.